The van der Waals surface area contributed by atoms with Gasteiger partial charge in [0.05, 0.1) is 45.5 Å². The molecule has 50 heavy (non-hydrogen) atoms. The predicted molar refractivity (Wildman–Crippen MR) is 160 cm³/mol. The first-order chi connectivity index (χ1) is 23.7. The third-order valence-corrected chi connectivity index (χ3v) is 7.85. The van der Waals surface area contributed by atoms with E-state index in [4.69, 9.17) is 0 Å². The Morgan fingerprint density at radius 2 is 0.760 bits per heavy atom. The summed E-state index contributed by atoms with van der Waals surface area (Å²) in [6, 6.07) is 20.1. The molecule has 0 amide bonds. The number of hydrogen-bond donors (Lipinski definition) is 0. The molecule has 0 aliphatic heterocycles. The molecule has 2 aliphatic rings. The molecule has 3 aromatic carbocycles. The number of alkyl halides is 6. The number of benzene rings is 3. The normalized spacial score (nSPS) is 13.0. The first kappa shape index (κ1) is 33.5. The molecular formula is C36H8F6N8. The van der Waals surface area contributed by atoms with Crippen molar-refractivity contribution in [2.75, 3.05) is 0 Å². The topological polar surface area (TPSA) is 190 Å². The van der Waals surface area contributed by atoms with E-state index < -0.39 is 90.3 Å². The molecule has 0 spiro atoms. The minimum absolute atomic E-state index is 0.212. The molecule has 0 heterocycles. The number of halogens is 6. The van der Waals surface area contributed by atoms with Gasteiger partial charge in [-0.1, -0.05) is 12.1 Å². The Morgan fingerprint density at radius 3 is 1.04 bits per heavy atom. The summed E-state index contributed by atoms with van der Waals surface area (Å²) in [4.78, 5) is 0. The van der Waals surface area contributed by atoms with E-state index in [-0.39, 0.29) is 22.3 Å². The zero-order chi connectivity index (χ0) is 36.7. The Kier molecular flexibility index (Phi) is 8.07. The summed E-state index contributed by atoms with van der Waals surface area (Å²) < 4.78 is 86.3. The van der Waals surface area contributed by atoms with Crippen molar-refractivity contribution in [3.63, 3.8) is 0 Å². The van der Waals surface area contributed by atoms with Crippen LogP contribution >= 0.6 is 0 Å². The molecule has 0 saturated carbocycles. The number of allylic oxidation sites excluding steroid dienone is 8. The predicted octanol–water partition coefficient (Wildman–Crippen LogP) is 7.97. The molecular weight excluding hydrogens is 658 g/mol. The molecule has 0 radical (unpaired) electrons. The highest BCUT2D eigenvalue weighted by atomic mass is 19.4. The van der Waals surface area contributed by atoms with E-state index >= 15 is 0 Å². The second-order valence-electron chi connectivity index (χ2n) is 10.4. The zero-order valence-electron chi connectivity index (χ0n) is 24.5. The van der Waals surface area contributed by atoms with Crippen molar-refractivity contribution in [3.8, 4) is 48.6 Å². The molecule has 0 atom stereocenters. The standard InChI is InChI=1S/C36H8F6N8/c37-35(38,39)29-5-17(9-43)1-3-21(29)33-27(15-49)23-7-24-26(8-25(23)31(33)19(11-45)12-46)32(20(13-47)14-48)34(28(24)16-50)22-4-2-18(10-44)6-30(22)36(40,41)42/h1-8H. The Bertz CT molecular complexity index is 2380. The van der Waals surface area contributed by atoms with E-state index in [0.717, 1.165) is 36.4 Å². The minimum atomic E-state index is -5.11. The fraction of sp³-hybridized carbons (Fsp3) is 0.0556. The van der Waals surface area contributed by atoms with Gasteiger partial charge in [0.1, 0.15) is 47.6 Å². The first-order valence-electron chi connectivity index (χ1n) is 13.6. The number of hydrogen-bond acceptors (Lipinski definition) is 8. The zero-order valence-corrected chi connectivity index (χ0v) is 24.5. The van der Waals surface area contributed by atoms with E-state index in [1.54, 1.807) is 48.6 Å². The van der Waals surface area contributed by atoms with Crippen molar-refractivity contribution in [2.24, 2.45) is 0 Å². The summed E-state index contributed by atoms with van der Waals surface area (Å²) in [5.41, 5.74) is -10.4. The van der Waals surface area contributed by atoms with Gasteiger partial charge in [-0.2, -0.15) is 68.4 Å². The van der Waals surface area contributed by atoms with Crippen LogP contribution in [0.15, 0.2) is 59.7 Å². The van der Waals surface area contributed by atoms with Gasteiger partial charge in [0, 0.05) is 33.4 Å². The van der Waals surface area contributed by atoms with Gasteiger partial charge >= 0.3 is 12.4 Å². The molecule has 0 aromatic heterocycles. The first-order valence-corrected chi connectivity index (χ1v) is 13.6. The fourth-order valence-electron chi connectivity index (χ4n) is 5.91. The van der Waals surface area contributed by atoms with Gasteiger partial charge in [-0.15, -0.1) is 0 Å². The van der Waals surface area contributed by atoms with Crippen LogP contribution in [0.4, 0.5) is 26.3 Å². The van der Waals surface area contributed by atoms with Gasteiger partial charge in [-0.25, -0.2) is 0 Å². The SMILES string of the molecule is N#CC(C#N)=C1C(c2ccc(C#N)cc2C(F)(F)F)=C(C#N)c2cc3c(cc21)C(=C(C#N)C#N)C(c1ccc(C#N)cc1C(F)(F)F)=C3C#N. The summed E-state index contributed by atoms with van der Waals surface area (Å²) in [6.07, 6.45) is -10.2. The Balaban J connectivity index is 1.99. The summed E-state index contributed by atoms with van der Waals surface area (Å²) >= 11 is 0. The maximum absolute atomic E-state index is 14.4. The lowest BCUT2D eigenvalue weighted by atomic mass is 9.87. The fourth-order valence-corrected chi connectivity index (χ4v) is 5.91. The van der Waals surface area contributed by atoms with Crippen molar-refractivity contribution in [2.45, 2.75) is 12.4 Å². The van der Waals surface area contributed by atoms with E-state index in [9.17, 15) is 68.4 Å². The Hall–Kier alpha value is -7.88. The van der Waals surface area contributed by atoms with Crippen molar-refractivity contribution in [3.05, 3.63) is 115 Å². The van der Waals surface area contributed by atoms with Crippen LogP contribution in [0, 0.1) is 90.6 Å². The van der Waals surface area contributed by atoms with Crippen LogP contribution in [-0.2, 0) is 12.4 Å². The van der Waals surface area contributed by atoms with Crippen molar-refractivity contribution in [1.82, 2.24) is 0 Å². The lowest BCUT2D eigenvalue weighted by molar-refractivity contribution is -0.138. The summed E-state index contributed by atoms with van der Waals surface area (Å²) in [5, 5.41) is 78.7. The van der Waals surface area contributed by atoms with Gasteiger partial charge in [0.15, 0.2) is 0 Å². The molecule has 3 aromatic rings. The maximum atomic E-state index is 14.4. The average Bonchev–Trinajstić information content (AvgIpc) is 3.58. The number of fused-ring (bicyclic) bond motifs is 2. The molecule has 0 N–H and O–H groups in total. The van der Waals surface area contributed by atoms with Crippen LogP contribution in [0.25, 0.3) is 33.4 Å². The van der Waals surface area contributed by atoms with E-state index in [0.29, 0.717) is 12.1 Å². The molecule has 0 bridgehead atoms. The van der Waals surface area contributed by atoms with Crippen molar-refractivity contribution in [1.29, 1.82) is 42.1 Å². The van der Waals surface area contributed by atoms with Gasteiger partial charge in [-0.05, 0) is 58.7 Å². The summed E-state index contributed by atoms with van der Waals surface area (Å²) in [6.45, 7) is 0. The summed E-state index contributed by atoms with van der Waals surface area (Å²) in [7, 11) is 0. The number of nitriles is 8. The highest BCUT2D eigenvalue weighted by Crippen LogP contribution is 2.56. The third-order valence-electron chi connectivity index (χ3n) is 7.85. The van der Waals surface area contributed by atoms with Gasteiger partial charge in [-0.3, -0.25) is 0 Å². The lowest BCUT2D eigenvalue weighted by Gasteiger charge is -2.17. The van der Waals surface area contributed by atoms with E-state index in [1.165, 1.54) is 0 Å². The molecule has 0 unspecified atom stereocenters. The van der Waals surface area contributed by atoms with Gasteiger partial charge in [0.25, 0.3) is 0 Å². The third kappa shape index (κ3) is 5.06. The monoisotopic (exact) mass is 666 g/mol. The Labute approximate surface area is 277 Å². The average molecular weight is 667 g/mol. The molecule has 0 saturated heterocycles. The van der Waals surface area contributed by atoms with Crippen LogP contribution < -0.4 is 0 Å². The second kappa shape index (κ2) is 12.0. The molecule has 234 valence electrons. The van der Waals surface area contributed by atoms with E-state index in [1.807, 2.05) is 0 Å². The highest BCUT2D eigenvalue weighted by Gasteiger charge is 2.43. The second-order valence-corrected chi connectivity index (χ2v) is 10.4. The van der Waals surface area contributed by atoms with Crippen LogP contribution in [0.5, 0.6) is 0 Å². The lowest BCUT2D eigenvalue weighted by Crippen LogP contribution is -2.10. The highest BCUT2D eigenvalue weighted by molar-refractivity contribution is 6.30. The van der Waals surface area contributed by atoms with Gasteiger partial charge < -0.3 is 0 Å². The van der Waals surface area contributed by atoms with E-state index in [2.05, 4.69) is 0 Å². The molecule has 14 heteroatoms. The minimum Gasteiger partial charge on any atom is -0.192 e. The van der Waals surface area contributed by atoms with Crippen LogP contribution in [0.2, 0.25) is 0 Å². The number of nitrogens with zero attached hydrogens (tertiary/aromatic N) is 8. The quantitative estimate of drug-likeness (QED) is 0.194. The van der Waals surface area contributed by atoms with Gasteiger partial charge in [0.2, 0.25) is 0 Å². The van der Waals surface area contributed by atoms with Crippen molar-refractivity contribution >= 4 is 33.4 Å². The molecule has 5 rings (SSSR count). The van der Waals surface area contributed by atoms with Crippen LogP contribution in [0.3, 0.4) is 0 Å². The maximum Gasteiger partial charge on any atom is 0.417 e. The smallest absolute Gasteiger partial charge is 0.192 e. The largest absolute Gasteiger partial charge is 0.417 e. The van der Waals surface area contributed by atoms with Crippen LogP contribution in [0.1, 0.15) is 55.6 Å². The molecule has 2 aliphatic carbocycles. The van der Waals surface area contributed by atoms with Crippen LogP contribution in [-0.4, -0.2) is 0 Å². The summed E-state index contributed by atoms with van der Waals surface area (Å²) in [5.74, 6) is 0. The molecule has 0 fully saturated rings. The number of rotatable bonds is 2. The Morgan fingerprint density at radius 1 is 0.420 bits per heavy atom. The molecule has 8 nitrogen and oxygen atoms in total. The van der Waals surface area contributed by atoms with Crippen molar-refractivity contribution < 1.29 is 26.3 Å².